The van der Waals surface area contributed by atoms with E-state index in [0.29, 0.717) is 29.7 Å². The Bertz CT molecular complexity index is 1460. The maximum Gasteiger partial charge on any atom is 0.410 e. The van der Waals surface area contributed by atoms with Gasteiger partial charge in [-0.25, -0.2) is 9.78 Å². The lowest BCUT2D eigenvalue weighted by molar-refractivity contribution is -0.141. The number of aromatic nitrogens is 2. The van der Waals surface area contributed by atoms with Crippen molar-refractivity contribution in [2.24, 2.45) is 0 Å². The number of aliphatic hydroxyl groups excluding tert-OH is 1. The molecule has 0 spiro atoms. The largest absolute Gasteiger partial charge is 0.488 e. The van der Waals surface area contributed by atoms with Crippen LogP contribution in [-0.2, 0) is 20.7 Å². The number of hydrogen-bond donors (Lipinski definition) is 2. The van der Waals surface area contributed by atoms with Crippen LogP contribution in [0, 0.1) is 13.8 Å². The minimum Gasteiger partial charge on any atom is -0.488 e. The molecule has 2 unspecified atom stereocenters. The molecule has 1 aliphatic heterocycles. The average Bonchev–Trinajstić information content (AvgIpc) is 3.31. The van der Waals surface area contributed by atoms with Crippen LogP contribution in [0.25, 0.3) is 5.82 Å². The summed E-state index contributed by atoms with van der Waals surface area (Å²) in [5.74, 6) is 0.483. The zero-order valence-corrected chi connectivity index (χ0v) is 26.3. The third-order valence-corrected chi connectivity index (χ3v) is 7.18. The van der Waals surface area contributed by atoms with Crippen LogP contribution in [0.5, 0.6) is 5.75 Å². The van der Waals surface area contributed by atoms with E-state index in [9.17, 15) is 19.5 Å². The molecule has 236 valence electrons. The van der Waals surface area contributed by atoms with Gasteiger partial charge in [0.1, 0.15) is 29.8 Å². The Morgan fingerprint density at radius 2 is 1.86 bits per heavy atom. The number of hydrogen-bond acceptors (Lipinski definition) is 8. The molecule has 1 aliphatic rings. The highest BCUT2D eigenvalue weighted by Crippen LogP contribution is 2.30. The van der Waals surface area contributed by atoms with Crippen molar-refractivity contribution in [2.75, 3.05) is 26.2 Å². The van der Waals surface area contributed by atoms with Gasteiger partial charge in [0.25, 0.3) is 5.91 Å². The predicted molar refractivity (Wildman–Crippen MR) is 164 cm³/mol. The van der Waals surface area contributed by atoms with Gasteiger partial charge in [0.15, 0.2) is 0 Å². The molecule has 0 saturated carbocycles. The number of ether oxygens (including phenoxy) is 3. The second-order valence-electron chi connectivity index (χ2n) is 11.9. The van der Waals surface area contributed by atoms with E-state index in [0.717, 1.165) is 22.8 Å². The minimum absolute atomic E-state index is 0.0101. The van der Waals surface area contributed by atoms with Gasteiger partial charge in [-0.05, 0) is 96.3 Å². The highest BCUT2D eigenvalue weighted by molar-refractivity contribution is 5.96. The maximum absolute atomic E-state index is 13.2. The Labute approximate surface area is 258 Å². The highest BCUT2D eigenvalue weighted by atomic mass is 16.6. The van der Waals surface area contributed by atoms with E-state index in [1.165, 1.54) is 4.90 Å². The number of nitrogens with one attached hydrogen (secondary N) is 1. The second-order valence-corrected chi connectivity index (χ2v) is 11.9. The predicted octanol–water partition coefficient (Wildman–Crippen LogP) is 4.45. The molecule has 4 rings (SSSR count). The zero-order valence-electron chi connectivity index (χ0n) is 26.3. The van der Waals surface area contributed by atoms with Crippen molar-refractivity contribution >= 4 is 18.0 Å². The zero-order chi connectivity index (χ0) is 32.0. The standard InChI is InChI=1S/C33H42N4O7/c1-7-42-30(39)18-35-31(40)24-11-14-28-23(16-24)10-13-26(43-28)19-36(32(41)44-33(4,5)6)20-27(38)25-12-15-29(34-17-25)37-21(2)8-9-22(37)3/h8-9,11-12,14-17,26-27,38H,7,10,13,18-20H2,1-6H3,(H,35,40). The van der Waals surface area contributed by atoms with Crippen molar-refractivity contribution in [3.05, 3.63) is 76.7 Å². The van der Waals surface area contributed by atoms with Gasteiger partial charge in [0.2, 0.25) is 0 Å². The van der Waals surface area contributed by atoms with Gasteiger partial charge in [-0.15, -0.1) is 0 Å². The third-order valence-electron chi connectivity index (χ3n) is 7.18. The van der Waals surface area contributed by atoms with E-state index < -0.39 is 23.8 Å². The first-order chi connectivity index (χ1) is 20.8. The number of aryl methyl sites for hydroxylation is 3. The summed E-state index contributed by atoms with van der Waals surface area (Å²) < 4.78 is 18.8. The molecule has 0 aliphatic carbocycles. The van der Waals surface area contributed by atoms with E-state index in [2.05, 4.69) is 10.3 Å². The van der Waals surface area contributed by atoms with Crippen LogP contribution in [0.1, 0.15) is 73.1 Å². The Kier molecular flexibility index (Phi) is 10.3. The summed E-state index contributed by atoms with van der Waals surface area (Å²) in [5, 5.41) is 13.7. The van der Waals surface area contributed by atoms with E-state index in [-0.39, 0.29) is 38.3 Å². The van der Waals surface area contributed by atoms with Crippen LogP contribution in [0.4, 0.5) is 4.79 Å². The SMILES string of the molecule is CCOC(=O)CNC(=O)c1ccc2c(c1)CCC(CN(CC(O)c1ccc(-n3c(C)ccc3C)nc1)C(=O)OC(C)(C)C)O2. The van der Waals surface area contributed by atoms with Crippen LogP contribution in [0.15, 0.2) is 48.7 Å². The molecule has 2 amide bonds. The Balaban J connectivity index is 1.43. The van der Waals surface area contributed by atoms with Crippen molar-refractivity contribution in [3.63, 3.8) is 0 Å². The summed E-state index contributed by atoms with van der Waals surface area (Å²) >= 11 is 0. The molecule has 2 atom stereocenters. The van der Waals surface area contributed by atoms with Gasteiger partial charge >= 0.3 is 12.1 Å². The molecule has 11 heteroatoms. The number of esters is 1. The molecule has 0 bridgehead atoms. The molecule has 0 fully saturated rings. The average molecular weight is 607 g/mol. The summed E-state index contributed by atoms with van der Waals surface area (Å²) in [6, 6.07) is 12.8. The molecule has 3 heterocycles. The van der Waals surface area contributed by atoms with Crippen LogP contribution in [0.2, 0.25) is 0 Å². The number of benzene rings is 1. The molecule has 2 aromatic heterocycles. The summed E-state index contributed by atoms with van der Waals surface area (Å²) in [6.45, 7) is 11.3. The van der Waals surface area contributed by atoms with Gasteiger partial charge < -0.3 is 34.1 Å². The van der Waals surface area contributed by atoms with Gasteiger partial charge in [-0.2, -0.15) is 0 Å². The van der Waals surface area contributed by atoms with Crippen LogP contribution >= 0.6 is 0 Å². The molecular weight excluding hydrogens is 564 g/mol. The number of carbonyl (C=O) groups excluding carboxylic acids is 3. The quantitative estimate of drug-likeness (QED) is 0.324. The fourth-order valence-electron chi connectivity index (χ4n) is 5.05. The Hall–Kier alpha value is -4.38. The van der Waals surface area contributed by atoms with Crippen molar-refractivity contribution in [2.45, 2.75) is 72.2 Å². The lowest BCUT2D eigenvalue weighted by Crippen LogP contribution is -2.45. The minimum atomic E-state index is -0.998. The maximum atomic E-state index is 13.2. The van der Waals surface area contributed by atoms with E-state index in [1.807, 2.05) is 42.7 Å². The summed E-state index contributed by atoms with van der Waals surface area (Å²) in [4.78, 5) is 43.4. The number of fused-ring (bicyclic) bond motifs is 1. The first-order valence-corrected chi connectivity index (χ1v) is 14.8. The normalized spacial score (nSPS) is 15.0. The molecule has 2 N–H and O–H groups in total. The molecule has 0 radical (unpaired) electrons. The van der Waals surface area contributed by atoms with Gasteiger partial charge in [0, 0.05) is 28.7 Å². The summed E-state index contributed by atoms with van der Waals surface area (Å²) in [7, 11) is 0. The van der Waals surface area contributed by atoms with E-state index >= 15 is 0 Å². The summed E-state index contributed by atoms with van der Waals surface area (Å²) in [6.07, 6.45) is 0.922. The number of aliphatic hydroxyl groups is 1. The lowest BCUT2D eigenvalue weighted by atomic mass is 9.99. The van der Waals surface area contributed by atoms with Crippen molar-refractivity contribution in [1.82, 2.24) is 19.8 Å². The number of carbonyl (C=O) groups is 3. The van der Waals surface area contributed by atoms with E-state index in [4.69, 9.17) is 14.2 Å². The van der Waals surface area contributed by atoms with Gasteiger partial charge in [-0.1, -0.05) is 6.07 Å². The number of pyridine rings is 1. The first-order valence-electron chi connectivity index (χ1n) is 14.8. The fourth-order valence-corrected chi connectivity index (χ4v) is 5.05. The topological polar surface area (TPSA) is 132 Å². The molecule has 3 aromatic rings. The highest BCUT2D eigenvalue weighted by Gasteiger charge is 2.30. The third kappa shape index (κ3) is 8.37. The van der Waals surface area contributed by atoms with Crippen LogP contribution < -0.4 is 10.1 Å². The lowest BCUT2D eigenvalue weighted by Gasteiger charge is -2.33. The van der Waals surface area contributed by atoms with Crippen molar-refractivity contribution < 1.29 is 33.7 Å². The Morgan fingerprint density at radius 1 is 1.14 bits per heavy atom. The number of nitrogens with zero attached hydrogens (tertiary/aromatic N) is 3. The van der Waals surface area contributed by atoms with E-state index in [1.54, 1.807) is 52.1 Å². The molecule has 44 heavy (non-hydrogen) atoms. The molecule has 1 aromatic carbocycles. The number of amides is 2. The first kappa shape index (κ1) is 32.5. The van der Waals surface area contributed by atoms with Crippen LogP contribution in [-0.4, -0.2) is 75.5 Å². The fraction of sp³-hybridized carbons (Fsp3) is 0.455. The van der Waals surface area contributed by atoms with Crippen molar-refractivity contribution in [1.29, 1.82) is 0 Å². The summed E-state index contributed by atoms with van der Waals surface area (Å²) in [5.41, 5.74) is 3.24. The molecular formula is C33H42N4O7. The molecule has 0 saturated heterocycles. The van der Waals surface area contributed by atoms with Crippen molar-refractivity contribution in [3.8, 4) is 11.6 Å². The van der Waals surface area contributed by atoms with Gasteiger partial charge in [-0.3, -0.25) is 9.59 Å². The monoisotopic (exact) mass is 606 g/mol. The second kappa shape index (κ2) is 13.9. The Morgan fingerprint density at radius 3 is 2.50 bits per heavy atom. The smallest absolute Gasteiger partial charge is 0.410 e. The molecule has 11 nitrogen and oxygen atoms in total. The number of rotatable bonds is 10. The van der Waals surface area contributed by atoms with Crippen LogP contribution in [0.3, 0.4) is 0 Å². The van der Waals surface area contributed by atoms with Gasteiger partial charge in [0.05, 0.1) is 25.8 Å².